The molecule has 3 heteroatoms. The van der Waals surface area contributed by atoms with Crippen LogP contribution in [0.5, 0.6) is 5.75 Å². The summed E-state index contributed by atoms with van der Waals surface area (Å²) in [5, 5.41) is 12.1. The Hall–Kier alpha value is -1.51. The Morgan fingerprint density at radius 2 is 1.15 bits per heavy atom. The van der Waals surface area contributed by atoms with Crippen molar-refractivity contribution in [3.05, 3.63) is 24.3 Å². The highest BCUT2D eigenvalue weighted by molar-refractivity contribution is 5.90. The number of phenols is 1. The third-order valence-electron chi connectivity index (χ3n) is 4.91. The zero-order chi connectivity index (χ0) is 18.9. The molecule has 1 rings (SSSR count). The van der Waals surface area contributed by atoms with Gasteiger partial charge >= 0.3 is 0 Å². The van der Waals surface area contributed by atoms with Gasteiger partial charge in [0, 0.05) is 12.1 Å². The molecule has 0 aliphatic carbocycles. The molecule has 1 aromatic carbocycles. The lowest BCUT2D eigenvalue weighted by atomic mass is 10.0. The lowest BCUT2D eigenvalue weighted by Gasteiger charge is -2.05. The number of hydrogen-bond donors (Lipinski definition) is 2. The third kappa shape index (κ3) is 12.8. The highest BCUT2D eigenvalue weighted by Crippen LogP contribution is 2.15. The molecule has 148 valence electrons. The van der Waals surface area contributed by atoms with Crippen LogP contribution in [0.3, 0.4) is 0 Å². The molecule has 0 spiro atoms. The molecule has 0 bridgehead atoms. The summed E-state index contributed by atoms with van der Waals surface area (Å²) in [4.78, 5) is 11.8. The summed E-state index contributed by atoms with van der Waals surface area (Å²) < 4.78 is 0. The maximum absolute atomic E-state index is 11.8. The molecule has 0 fully saturated rings. The van der Waals surface area contributed by atoms with E-state index in [1.54, 1.807) is 24.3 Å². The van der Waals surface area contributed by atoms with Gasteiger partial charge in [-0.1, -0.05) is 90.4 Å². The quantitative estimate of drug-likeness (QED) is 0.241. The van der Waals surface area contributed by atoms with E-state index in [1.807, 2.05) is 0 Å². The second-order valence-electron chi connectivity index (χ2n) is 7.44. The Morgan fingerprint density at radius 3 is 1.62 bits per heavy atom. The van der Waals surface area contributed by atoms with E-state index in [9.17, 15) is 9.90 Å². The van der Waals surface area contributed by atoms with E-state index in [4.69, 9.17) is 0 Å². The summed E-state index contributed by atoms with van der Waals surface area (Å²) >= 11 is 0. The van der Waals surface area contributed by atoms with Gasteiger partial charge in [0.1, 0.15) is 5.75 Å². The van der Waals surface area contributed by atoms with Gasteiger partial charge in [-0.2, -0.15) is 0 Å². The first kappa shape index (κ1) is 22.5. The first-order valence-corrected chi connectivity index (χ1v) is 10.8. The van der Waals surface area contributed by atoms with E-state index >= 15 is 0 Å². The second-order valence-corrected chi connectivity index (χ2v) is 7.44. The average molecular weight is 362 g/mol. The Labute approximate surface area is 160 Å². The van der Waals surface area contributed by atoms with Crippen molar-refractivity contribution in [2.24, 2.45) is 0 Å². The van der Waals surface area contributed by atoms with Crippen molar-refractivity contribution in [2.45, 2.75) is 103 Å². The Morgan fingerprint density at radius 1 is 0.731 bits per heavy atom. The van der Waals surface area contributed by atoms with Gasteiger partial charge < -0.3 is 10.4 Å². The summed E-state index contributed by atoms with van der Waals surface area (Å²) in [5.41, 5.74) is 0.748. The predicted octanol–water partition coefficient (Wildman–Crippen LogP) is 7.20. The van der Waals surface area contributed by atoms with E-state index in [1.165, 1.54) is 77.0 Å². The van der Waals surface area contributed by atoms with Crippen molar-refractivity contribution >= 4 is 11.6 Å². The maximum atomic E-state index is 11.8. The number of unbranched alkanes of at least 4 members (excludes halogenated alkanes) is 13. The molecule has 0 unspecified atom stereocenters. The fourth-order valence-electron chi connectivity index (χ4n) is 3.25. The van der Waals surface area contributed by atoms with Crippen LogP contribution in [-0.4, -0.2) is 11.0 Å². The molecule has 0 aromatic heterocycles. The van der Waals surface area contributed by atoms with Crippen LogP contribution < -0.4 is 5.32 Å². The van der Waals surface area contributed by atoms with Crippen molar-refractivity contribution < 1.29 is 9.90 Å². The number of amides is 1. The van der Waals surface area contributed by atoms with E-state index < -0.39 is 0 Å². The van der Waals surface area contributed by atoms with Gasteiger partial charge in [-0.25, -0.2) is 0 Å². The SMILES string of the molecule is CCCCCCCCCCCCCCCCC(=O)Nc1ccc(O)cc1. The first-order valence-electron chi connectivity index (χ1n) is 10.8. The molecule has 1 aromatic rings. The lowest BCUT2D eigenvalue weighted by molar-refractivity contribution is -0.116. The minimum absolute atomic E-state index is 0.0645. The maximum Gasteiger partial charge on any atom is 0.224 e. The molecule has 0 heterocycles. The van der Waals surface area contributed by atoms with Gasteiger partial charge in [-0.05, 0) is 30.7 Å². The van der Waals surface area contributed by atoms with E-state index in [0.29, 0.717) is 6.42 Å². The van der Waals surface area contributed by atoms with E-state index in [0.717, 1.165) is 18.5 Å². The second kappa shape index (κ2) is 15.7. The van der Waals surface area contributed by atoms with Crippen molar-refractivity contribution in [1.82, 2.24) is 0 Å². The number of carbonyl (C=O) groups excluding carboxylic acids is 1. The van der Waals surface area contributed by atoms with E-state index in [2.05, 4.69) is 12.2 Å². The molecule has 0 saturated heterocycles. The molecular weight excluding hydrogens is 322 g/mol. The zero-order valence-corrected chi connectivity index (χ0v) is 16.8. The van der Waals surface area contributed by atoms with Crippen LogP contribution in [0.1, 0.15) is 103 Å². The number of benzene rings is 1. The van der Waals surface area contributed by atoms with Crippen LogP contribution in [-0.2, 0) is 4.79 Å². The fraction of sp³-hybridized carbons (Fsp3) is 0.696. The molecule has 0 aliphatic rings. The van der Waals surface area contributed by atoms with Crippen molar-refractivity contribution in [3.63, 3.8) is 0 Å². The van der Waals surface area contributed by atoms with Gasteiger partial charge in [-0.3, -0.25) is 4.79 Å². The van der Waals surface area contributed by atoms with Gasteiger partial charge in [0.05, 0.1) is 0 Å². The molecule has 26 heavy (non-hydrogen) atoms. The number of hydrogen-bond acceptors (Lipinski definition) is 2. The number of nitrogens with one attached hydrogen (secondary N) is 1. The zero-order valence-electron chi connectivity index (χ0n) is 16.8. The van der Waals surface area contributed by atoms with Crippen molar-refractivity contribution in [3.8, 4) is 5.75 Å². The van der Waals surface area contributed by atoms with Crippen LogP contribution in [0.2, 0.25) is 0 Å². The summed E-state index contributed by atoms with van der Waals surface area (Å²) in [6.07, 6.45) is 19.2. The normalized spacial score (nSPS) is 10.8. The van der Waals surface area contributed by atoms with E-state index in [-0.39, 0.29) is 11.7 Å². The van der Waals surface area contributed by atoms with Gasteiger partial charge in [0.15, 0.2) is 0 Å². The Kier molecular flexibility index (Phi) is 13.6. The monoisotopic (exact) mass is 361 g/mol. The highest BCUT2D eigenvalue weighted by atomic mass is 16.3. The van der Waals surface area contributed by atoms with Gasteiger partial charge in [-0.15, -0.1) is 0 Å². The largest absolute Gasteiger partial charge is 0.508 e. The summed E-state index contributed by atoms with van der Waals surface area (Å²) in [5.74, 6) is 0.282. The minimum atomic E-state index is 0.0645. The van der Waals surface area contributed by atoms with Crippen molar-refractivity contribution in [1.29, 1.82) is 0 Å². The number of phenolic OH excluding ortho intramolecular Hbond substituents is 1. The summed E-state index contributed by atoms with van der Waals surface area (Å²) in [7, 11) is 0. The molecule has 2 N–H and O–H groups in total. The Balaban J connectivity index is 1.83. The summed E-state index contributed by atoms with van der Waals surface area (Å²) in [6.45, 7) is 2.27. The molecule has 0 saturated carbocycles. The van der Waals surface area contributed by atoms with Crippen LogP contribution in [0, 0.1) is 0 Å². The molecule has 0 radical (unpaired) electrons. The smallest absolute Gasteiger partial charge is 0.224 e. The number of carbonyl (C=O) groups is 1. The number of rotatable bonds is 16. The molecule has 0 atom stereocenters. The summed E-state index contributed by atoms with van der Waals surface area (Å²) in [6, 6.07) is 6.61. The molecular formula is C23H39NO2. The van der Waals surface area contributed by atoms with Crippen LogP contribution in [0.15, 0.2) is 24.3 Å². The fourth-order valence-corrected chi connectivity index (χ4v) is 3.25. The standard InChI is InChI=1S/C23H39NO2/c1-2-3-4-5-6-7-8-9-10-11-12-13-14-15-16-23(26)24-21-17-19-22(25)20-18-21/h17-20,25H,2-16H2,1H3,(H,24,26). The molecule has 3 nitrogen and oxygen atoms in total. The first-order chi connectivity index (χ1) is 12.7. The van der Waals surface area contributed by atoms with Crippen LogP contribution in [0.4, 0.5) is 5.69 Å². The van der Waals surface area contributed by atoms with Crippen LogP contribution >= 0.6 is 0 Å². The number of aromatic hydroxyl groups is 1. The van der Waals surface area contributed by atoms with Gasteiger partial charge in [0.25, 0.3) is 0 Å². The van der Waals surface area contributed by atoms with Crippen molar-refractivity contribution in [2.75, 3.05) is 5.32 Å². The topological polar surface area (TPSA) is 49.3 Å². The lowest BCUT2D eigenvalue weighted by Crippen LogP contribution is -2.10. The highest BCUT2D eigenvalue weighted by Gasteiger charge is 2.02. The van der Waals surface area contributed by atoms with Gasteiger partial charge in [0.2, 0.25) is 5.91 Å². The van der Waals surface area contributed by atoms with Crippen LogP contribution in [0.25, 0.3) is 0 Å². The molecule has 0 aliphatic heterocycles. The third-order valence-corrected chi connectivity index (χ3v) is 4.91. The average Bonchev–Trinajstić information content (AvgIpc) is 2.64. The number of anilines is 1. The Bertz CT molecular complexity index is 456. The predicted molar refractivity (Wildman–Crippen MR) is 112 cm³/mol. The minimum Gasteiger partial charge on any atom is -0.508 e. The molecule has 1 amide bonds.